The third kappa shape index (κ3) is 3.66. The van der Waals surface area contributed by atoms with Gasteiger partial charge in [0.05, 0.1) is 5.69 Å². The summed E-state index contributed by atoms with van der Waals surface area (Å²) in [4.78, 5) is 14.6. The van der Waals surface area contributed by atoms with Crippen LogP contribution in [0.4, 0.5) is 5.69 Å². The fourth-order valence-electron chi connectivity index (χ4n) is 4.12. The summed E-state index contributed by atoms with van der Waals surface area (Å²) in [5, 5.41) is 4.87. The van der Waals surface area contributed by atoms with Crippen molar-refractivity contribution < 1.29 is 13.9 Å². The Morgan fingerprint density at radius 2 is 1.86 bits per heavy atom. The molecule has 2 aromatic carbocycles. The van der Waals surface area contributed by atoms with E-state index < -0.39 is 0 Å². The van der Waals surface area contributed by atoms with Gasteiger partial charge in [-0.2, -0.15) is 0 Å². The molecule has 0 amide bonds. The maximum absolute atomic E-state index is 12.3. The largest absolute Gasteiger partial charge is 0.454 e. The van der Waals surface area contributed by atoms with Crippen LogP contribution in [0.15, 0.2) is 51.7 Å². The highest BCUT2D eigenvalue weighted by molar-refractivity contribution is 6.31. The first kappa shape index (κ1) is 18.3. The number of hydrogen-bond acceptors (Lipinski definition) is 6. The van der Waals surface area contributed by atoms with Crippen LogP contribution in [0.2, 0.25) is 5.02 Å². The molecular formula is C22H21ClN2O4. The van der Waals surface area contributed by atoms with Crippen molar-refractivity contribution in [1.82, 2.24) is 5.32 Å². The number of nitrogens with one attached hydrogen (secondary N) is 1. The molecule has 1 fully saturated rings. The van der Waals surface area contributed by atoms with E-state index in [2.05, 4.69) is 10.2 Å². The Hall–Kier alpha value is -2.70. The van der Waals surface area contributed by atoms with Gasteiger partial charge in [0, 0.05) is 29.1 Å². The van der Waals surface area contributed by atoms with Crippen molar-refractivity contribution in [3.05, 3.63) is 63.5 Å². The molecule has 29 heavy (non-hydrogen) atoms. The van der Waals surface area contributed by atoms with E-state index in [1.807, 2.05) is 24.3 Å². The standard InChI is InChI=1S/C22H21ClN2O4/c23-15-2-4-19-17(10-15)18(11-22(26)29-19)25(16-5-7-24-8-6-16)12-14-1-3-20-21(9-14)28-13-27-20/h1-4,9-11,16,24H,5-8,12-13H2. The van der Waals surface area contributed by atoms with Gasteiger partial charge in [-0.15, -0.1) is 0 Å². The van der Waals surface area contributed by atoms with Crippen LogP contribution in [0.5, 0.6) is 11.5 Å². The molecule has 0 spiro atoms. The molecule has 0 aliphatic carbocycles. The summed E-state index contributed by atoms with van der Waals surface area (Å²) in [5.74, 6) is 1.52. The lowest BCUT2D eigenvalue weighted by Gasteiger charge is -2.37. The Balaban J connectivity index is 1.60. The minimum absolute atomic E-state index is 0.250. The zero-order chi connectivity index (χ0) is 19.8. The van der Waals surface area contributed by atoms with E-state index in [0.29, 0.717) is 23.2 Å². The van der Waals surface area contributed by atoms with E-state index in [1.165, 1.54) is 0 Å². The van der Waals surface area contributed by atoms with Crippen molar-refractivity contribution in [2.45, 2.75) is 25.4 Å². The van der Waals surface area contributed by atoms with Gasteiger partial charge in [0.2, 0.25) is 6.79 Å². The normalized spacial score (nSPS) is 16.3. The van der Waals surface area contributed by atoms with Crippen LogP contribution in [0.3, 0.4) is 0 Å². The summed E-state index contributed by atoms with van der Waals surface area (Å²) in [7, 11) is 0. The fraction of sp³-hybridized carbons (Fsp3) is 0.318. The van der Waals surface area contributed by atoms with E-state index in [9.17, 15) is 4.79 Å². The molecule has 1 saturated heterocycles. The van der Waals surface area contributed by atoms with E-state index >= 15 is 0 Å². The van der Waals surface area contributed by atoms with E-state index in [0.717, 1.165) is 54.1 Å². The summed E-state index contributed by atoms with van der Waals surface area (Å²) < 4.78 is 16.4. The summed E-state index contributed by atoms with van der Waals surface area (Å²) in [5.41, 5.74) is 2.13. The number of anilines is 1. The highest BCUT2D eigenvalue weighted by Gasteiger charge is 2.25. The number of fused-ring (bicyclic) bond motifs is 2. The molecule has 0 saturated carbocycles. The SMILES string of the molecule is O=c1cc(N(Cc2ccc3c(c2)OCO3)C2CCNCC2)c2cc(Cl)ccc2o1. The molecule has 150 valence electrons. The highest BCUT2D eigenvalue weighted by Crippen LogP contribution is 2.35. The van der Waals surface area contributed by atoms with Crippen molar-refractivity contribution in [3.8, 4) is 11.5 Å². The molecule has 5 rings (SSSR count). The van der Waals surface area contributed by atoms with Gasteiger partial charge >= 0.3 is 5.63 Å². The lowest BCUT2D eigenvalue weighted by molar-refractivity contribution is 0.174. The molecule has 2 aliphatic rings. The van der Waals surface area contributed by atoms with Crippen molar-refractivity contribution in [2.75, 3.05) is 24.8 Å². The van der Waals surface area contributed by atoms with Crippen molar-refractivity contribution in [2.24, 2.45) is 0 Å². The lowest BCUT2D eigenvalue weighted by atomic mass is 10.0. The van der Waals surface area contributed by atoms with Gasteiger partial charge < -0.3 is 24.1 Å². The summed E-state index contributed by atoms with van der Waals surface area (Å²) >= 11 is 6.27. The van der Waals surface area contributed by atoms with E-state index in [1.54, 1.807) is 18.2 Å². The quantitative estimate of drug-likeness (QED) is 0.655. The Kier molecular flexibility index (Phi) is 4.81. The number of rotatable bonds is 4. The zero-order valence-corrected chi connectivity index (χ0v) is 16.6. The van der Waals surface area contributed by atoms with E-state index in [-0.39, 0.29) is 12.4 Å². The summed E-state index contributed by atoms with van der Waals surface area (Å²) in [6, 6.07) is 13.2. The summed E-state index contributed by atoms with van der Waals surface area (Å²) in [6.45, 7) is 2.79. The molecule has 0 unspecified atom stereocenters. The number of piperidine rings is 1. The zero-order valence-electron chi connectivity index (χ0n) is 15.8. The number of benzene rings is 2. The minimum Gasteiger partial charge on any atom is -0.454 e. The fourth-order valence-corrected chi connectivity index (χ4v) is 4.29. The van der Waals surface area contributed by atoms with Gasteiger partial charge in [-0.3, -0.25) is 0 Å². The van der Waals surface area contributed by atoms with Crippen molar-refractivity contribution in [3.63, 3.8) is 0 Å². The van der Waals surface area contributed by atoms with Crippen LogP contribution >= 0.6 is 11.6 Å². The summed E-state index contributed by atoms with van der Waals surface area (Å²) in [6.07, 6.45) is 1.99. The van der Waals surface area contributed by atoms with Crippen LogP contribution in [-0.2, 0) is 6.54 Å². The predicted octanol–water partition coefficient (Wildman–Crippen LogP) is 3.93. The Morgan fingerprint density at radius 1 is 1.03 bits per heavy atom. The molecule has 7 heteroatoms. The molecule has 6 nitrogen and oxygen atoms in total. The van der Waals surface area contributed by atoms with Crippen LogP contribution < -0.4 is 25.3 Å². The second-order valence-corrected chi connectivity index (χ2v) is 7.82. The molecule has 0 radical (unpaired) electrons. The first-order valence-corrected chi connectivity index (χ1v) is 10.1. The monoisotopic (exact) mass is 412 g/mol. The third-order valence-corrected chi connectivity index (χ3v) is 5.77. The topological polar surface area (TPSA) is 63.9 Å². The Bertz CT molecular complexity index is 1110. The van der Waals surface area contributed by atoms with Gasteiger partial charge in [0.15, 0.2) is 11.5 Å². The predicted molar refractivity (Wildman–Crippen MR) is 112 cm³/mol. The molecule has 3 aromatic rings. The molecule has 2 aliphatic heterocycles. The average molecular weight is 413 g/mol. The molecule has 0 bridgehead atoms. The maximum Gasteiger partial charge on any atom is 0.338 e. The number of ether oxygens (including phenoxy) is 2. The average Bonchev–Trinajstić information content (AvgIpc) is 3.20. The van der Waals surface area contributed by atoms with Crippen LogP contribution in [0.1, 0.15) is 18.4 Å². The van der Waals surface area contributed by atoms with Crippen LogP contribution in [0, 0.1) is 0 Å². The van der Waals surface area contributed by atoms with Crippen molar-refractivity contribution in [1.29, 1.82) is 0 Å². The second-order valence-electron chi connectivity index (χ2n) is 7.39. The third-order valence-electron chi connectivity index (χ3n) is 5.53. The molecule has 1 N–H and O–H groups in total. The number of hydrogen-bond donors (Lipinski definition) is 1. The van der Waals surface area contributed by atoms with Crippen LogP contribution in [0.25, 0.3) is 11.0 Å². The molecule has 3 heterocycles. The lowest BCUT2D eigenvalue weighted by Crippen LogP contribution is -2.43. The smallest absolute Gasteiger partial charge is 0.338 e. The van der Waals surface area contributed by atoms with Gasteiger partial charge in [-0.1, -0.05) is 17.7 Å². The Labute approximate surface area is 173 Å². The maximum atomic E-state index is 12.3. The highest BCUT2D eigenvalue weighted by atomic mass is 35.5. The second kappa shape index (κ2) is 7.61. The van der Waals surface area contributed by atoms with Crippen LogP contribution in [-0.4, -0.2) is 25.9 Å². The molecular weight excluding hydrogens is 392 g/mol. The molecule has 0 atom stereocenters. The molecule has 1 aromatic heterocycles. The van der Waals surface area contributed by atoms with E-state index in [4.69, 9.17) is 25.5 Å². The van der Waals surface area contributed by atoms with Gasteiger partial charge in [-0.25, -0.2) is 4.79 Å². The van der Waals surface area contributed by atoms with Crippen molar-refractivity contribution >= 4 is 28.3 Å². The number of nitrogens with zero attached hydrogens (tertiary/aromatic N) is 1. The first-order valence-electron chi connectivity index (χ1n) is 9.77. The van der Waals surface area contributed by atoms with Gasteiger partial charge in [0.1, 0.15) is 5.58 Å². The number of halogens is 1. The van der Waals surface area contributed by atoms with Gasteiger partial charge in [0.25, 0.3) is 0 Å². The first-order chi connectivity index (χ1) is 14.2. The Morgan fingerprint density at radius 3 is 2.72 bits per heavy atom. The minimum atomic E-state index is -0.362. The van der Waals surface area contributed by atoms with Gasteiger partial charge in [-0.05, 0) is 61.8 Å².